The van der Waals surface area contributed by atoms with Gasteiger partial charge in [-0.3, -0.25) is 9.53 Å². The third-order valence-corrected chi connectivity index (χ3v) is 1.87. The molecule has 0 unspecified atom stereocenters. The molecule has 1 heterocycles. The van der Waals surface area contributed by atoms with Gasteiger partial charge in [0.25, 0.3) is 0 Å². The van der Waals surface area contributed by atoms with Crippen LogP contribution in [0.2, 0.25) is 0 Å². The molecule has 1 radical (unpaired) electrons. The zero-order valence-corrected chi connectivity index (χ0v) is 10.5. The van der Waals surface area contributed by atoms with Crippen molar-refractivity contribution in [3.63, 3.8) is 0 Å². The quantitative estimate of drug-likeness (QED) is 0.704. The number of benzene rings is 1. The van der Waals surface area contributed by atoms with Crippen LogP contribution in [0, 0.1) is 19.6 Å². The Morgan fingerprint density at radius 2 is 2.27 bits per heavy atom. The van der Waals surface area contributed by atoms with Crippen LogP contribution in [0.4, 0.5) is 5.69 Å². The van der Waals surface area contributed by atoms with Crippen LogP contribution in [0.1, 0.15) is 5.69 Å². The Labute approximate surface area is 102 Å². The van der Waals surface area contributed by atoms with Gasteiger partial charge in [-0.1, -0.05) is 5.69 Å². The van der Waals surface area contributed by atoms with Gasteiger partial charge < -0.3 is 0 Å². The maximum absolute atomic E-state index is 6.89. The summed E-state index contributed by atoms with van der Waals surface area (Å²) in [5.74, 6) is 0. The van der Waals surface area contributed by atoms with Crippen molar-refractivity contribution in [2.75, 3.05) is 0 Å². The standard InChI is InChI=1S/C11H8N3.Ir/c1-9-6-7-14(13-9)11-5-3-4-10(8-11)12-2;/h3-4,6-8H,1H3;/q-1;. The van der Waals surface area contributed by atoms with E-state index in [1.54, 1.807) is 22.9 Å². The molecule has 0 saturated heterocycles. The smallest absolute Gasteiger partial charge is 0.0899 e. The molecule has 2 rings (SSSR count). The van der Waals surface area contributed by atoms with Crippen LogP contribution in [0.25, 0.3) is 10.5 Å². The minimum Gasteiger partial charge on any atom is -0.267 e. The van der Waals surface area contributed by atoms with Gasteiger partial charge in [-0.15, -0.1) is 6.07 Å². The third kappa shape index (κ3) is 2.53. The molecule has 4 heteroatoms. The predicted molar refractivity (Wildman–Crippen MR) is 53.4 cm³/mol. The molecule has 0 fully saturated rings. The van der Waals surface area contributed by atoms with E-state index >= 15 is 0 Å². The van der Waals surface area contributed by atoms with Gasteiger partial charge in [-0.2, -0.15) is 23.3 Å². The van der Waals surface area contributed by atoms with E-state index in [2.05, 4.69) is 16.0 Å². The van der Waals surface area contributed by atoms with Crippen molar-refractivity contribution in [2.24, 2.45) is 0 Å². The van der Waals surface area contributed by atoms with E-state index in [9.17, 15) is 0 Å². The molecule has 2 aromatic rings. The summed E-state index contributed by atoms with van der Waals surface area (Å²) in [6, 6.07) is 10.2. The molecule has 1 aromatic heterocycles. The number of rotatable bonds is 1. The summed E-state index contributed by atoms with van der Waals surface area (Å²) >= 11 is 0. The first-order valence-corrected chi connectivity index (χ1v) is 4.21. The SMILES string of the molecule is [C-]#[N+]c1cc[c-]c(-n2ccc(C)n2)c1.[Ir]. The maximum atomic E-state index is 6.89. The second kappa shape index (κ2) is 4.88. The van der Waals surface area contributed by atoms with Crippen LogP contribution in [-0.4, -0.2) is 9.78 Å². The van der Waals surface area contributed by atoms with Crippen LogP contribution in [-0.2, 0) is 20.1 Å². The fourth-order valence-corrected chi connectivity index (χ4v) is 1.19. The van der Waals surface area contributed by atoms with Crippen molar-refractivity contribution in [2.45, 2.75) is 6.92 Å². The van der Waals surface area contributed by atoms with Gasteiger partial charge in [0.05, 0.1) is 18.0 Å². The Balaban J connectivity index is 0.00000112. The van der Waals surface area contributed by atoms with Crippen molar-refractivity contribution < 1.29 is 20.1 Å². The Morgan fingerprint density at radius 1 is 1.47 bits per heavy atom. The summed E-state index contributed by atoms with van der Waals surface area (Å²) in [4.78, 5) is 3.35. The summed E-state index contributed by atoms with van der Waals surface area (Å²) in [7, 11) is 0. The van der Waals surface area contributed by atoms with Gasteiger partial charge in [-0.25, -0.2) is 0 Å². The molecule has 15 heavy (non-hydrogen) atoms. The molecule has 0 amide bonds. The van der Waals surface area contributed by atoms with Gasteiger partial charge in [-0.05, 0) is 13.0 Å². The average Bonchev–Trinajstić information content (AvgIpc) is 2.65. The first-order valence-electron chi connectivity index (χ1n) is 4.21. The van der Waals surface area contributed by atoms with Crippen LogP contribution in [0.5, 0.6) is 0 Å². The molecule has 77 valence electrons. The molecule has 0 spiro atoms. The molecular formula is C11H8IrN3-. The van der Waals surface area contributed by atoms with E-state index in [1.807, 2.05) is 19.2 Å². The third-order valence-electron chi connectivity index (χ3n) is 1.87. The molecule has 0 saturated carbocycles. The molecular weight excluding hydrogens is 366 g/mol. The van der Waals surface area contributed by atoms with Crippen molar-refractivity contribution in [3.8, 4) is 5.69 Å². The first kappa shape index (κ1) is 11.6. The second-order valence-electron chi connectivity index (χ2n) is 2.95. The van der Waals surface area contributed by atoms with Crippen LogP contribution >= 0.6 is 0 Å². The van der Waals surface area contributed by atoms with Crippen molar-refractivity contribution >= 4 is 5.69 Å². The topological polar surface area (TPSA) is 22.2 Å². The second-order valence-corrected chi connectivity index (χ2v) is 2.95. The van der Waals surface area contributed by atoms with E-state index in [-0.39, 0.29) is 20.1 Å². The molecule has 0 bridgehead atoms. The first-order chi connectivity index (χ1) is 6.79. The number of aromatic nitrogens is 2. The Bertz CT molecular complexity index is 497. The number of hydrogen-bond acceptors (Lipinski definition) is 1. The maximum Gasteiger partial charge on any atom is 0.0899 e. The van der Waals surface area contributed by atoms with E-state index in [1.165, 1.54) is 0 Å². The minimum absolute atomic E-state index is 0. The van der Waals surface area contributed by atoms with Crippen molar-refractivity contribution in [3.05, 3.63) is 53.6 Å². The Kier molecular flexibility index (Phi) is 3.79. The summed E-state index contributed by atoms with van der Waals surface area (Å²) < 4.78 is 1.71. The monoisotopic (exact) mass is 375 g/mol. The van der Waals surface area contributed by atoms with E-state index in [0.717, 1.165) is 11.4 Å². The normalized spacial score (nSPS) is 9.07. The van der Waals surface area contributed by atoms with Gasteiger partial charge in [0.1, 0.15) is 0 Å². The van der Waals surface area contributed by atoms with Gasteiger partial charge in [0.2, 0.25) is 0 Å². The molecule has 0 aliphatic rings. The van der Waals surface area contributed by atoms with Crippen molar-refractivity contribution in [1.82, 2.24) is 9.78 Å². The molecule has 0 N–H and O–H groups in total. The summed E-state index contributed by atoms with van der Waals surface area (Å²) in [6.07, 6.45) is 1.86. The van der Waals surface area contributed by atoms with Crippen molar-refractivity contribution in [1.29, 1.82) is 0 Å². The number of aryl methyl sites for hydroxylation is 1. The molecule has 0 atom stereocenters. The predicted octanol–water partition coefficient (Wildman–Crippen LogP) is 2.53. The van der Waals surface area contributed by atoms with E-state index < -0.39 is 0 Å². The molecule has 0 aliphatic carbocycles. The van der Waals surface area contributed by atoms with Crippen LogP contribution < -0.4 is 0 Å². The van der Waals surface area contributed by atoms with Crippen LogP contribution in [0.15, 0.2) is 30.5 Å². The van der Waals surface area contributed by atoms with Crippen LogP contribution in [0.3, 0.4) is 0 Å². The zero-order valence-electron chi connectivity index (χ0n) is 8.06. The Morgan fingerprint density at radius 3 is 2.87 bits per heavy atom. The zero-order chi connectivity index (χ0) is 9.97. The van der Waals surface area contributed by atoms with Gasteiger partial charge >= 0.3 is 0 Å². The largest absolute Gasteiger partial charge is 0.267 e. The van der Waals surface area contributed by atoms with Gasteiger partial charge in [0.15, 0.2) is 0 Å². The summed E-state index contributed by atoms with van der Waals surface area (Å²) in [5.41, 5.74) is 2.35. The minimum atomic E-state index is 0. The molecule has 1 aromatic carbocycles. The van der Waals surface area contributed by atoms with Gasteiger partial charge in [0, 0.05) is 26.3 Å². The summed E-state index contributed by atoms with van der Waals surface area (Å²) in [5, 5.41) is 4.24. The fraction of sp³-hybridized carbons (Fsp3) is 0.0909. The molecule has 3 nitrogen and oxygen atoms in total. The van der Waals surface area contributed by atoms with E-state index in [4.69, 9.17) is 6.57 Å². The number of nitrogens with zero attached hydrogens (tertiary/aromatic N) is 3. The molecule has 0 aliphatic heterocycles. The average molecular weight is 374 g/mol. The fourth-order valence-electron chi connectivity index (χ4n) is 1.19. The van der Waals surface area contributed by atoms with E-state index in [0.29, 0.717) is 5.69 Å². The number of hydrogen-bond donors (Lipinski definition) is 0. The Hall–Kier alpha value is -1.43. The summed E-state index contributed by atoms with van der Waals surface area (Å²) in [6.45, 7) is 8.82.